The topological polar surface area (TPSA) is 51.8 Å². The second-order valence-corrected chi connectivity index (χ2v) is 3.81. The minimum atomic E-state index is 0.382. The number of benzene rings is 1. The molecule has 0 aliphatic carbocycles. The van der Waals surface area contributed by atoms with Crippen LogP contribution in [-0.4, -0.2) is 16.7 Å². The van der Waals surface area contributed by atoms with E-state index in [9.17, 15) is 0 Å². The molecule has 0 aliphatic rings. The van der Waals surface area contributed by atoms with Crippen LogP contribution in [0.25, 0.3) is 10.9 Å². The fourth-order valence-electron chi connectivity index (χ4n) is 1.64. The van der Waals surface area contributed by atoms with E-state index in [-0.39, 0.29) is 0 Å². The lowest BCUT2D eigenvalue weighted by atomic mass is 10.0. The van der Waals surface area contributed by atoms with Crippen LogP contribution < -0.4 is 5.73 Å². The van der Waals surface area contributed by atoms with Crippen LogP contribution in [-0.2, 0) is 0 Å². The van der Waals surface area contributed by atoms with Gasteiger partial charge in [0.25, 0.3) is 0 Å². The Bertz CT molecular complexity index is 453. The molecule has 2 rings (SSSR count). The van der Waals surface area contributed by atoms with E-state index in [4.69, 9.17) is 5.73 Å². The molecule has 0 saturated heterocycles. The maximum Gasteiger partial charge on any atom is 0.0929 e. The Morgan fingerprint density at radius 1 is 1.27 bits per heavy atom. The summed E-state index contributed by atoms with van der Waals surface area (Å²) in [5.74, 6) is 0.382. The molecule has 78 valence electrons. The summed E-state index contributed by atoms with van der Waals surface area (Å²) >= 11 is 0. The van der Waals surface area contributed by atoms with Gasteiger partial charge in [-0.15, -0.1) is 0 Å². The monoisotopic (exact) mass is 201 g/mol. The fourth-order valence-corrected chi connectivity index (χ4v) is 1.64. The van der Waals surface area contributed by atoms with Crippen LogP contribution in [0.2, 0.25) is 0 Å². The highest BCUT2D eigenvalue weighted by molar-refractivity contribution is 5.77. The largest absolute Gasteiger partial charge is 0.330 e. The molecule has 0 radical (unpaired) electrons. The van der Waals surface area contributed by atoms with Gasteiger partial charge in [0.2, 0.25) is 0 Å². The normalized spacial score (nSPS) is 12.9. The van der Waals surface area contributed by atoms with Gasteiger partial charge in [-0.2, -0.15) is 10.2 Å². The first-order valence-electron chi connectivity index (χ1n) is 5.23. The van der Waals surface area contributed by atoms with Crippen molar-refractivity contribution >= 4 is 10.9 Å². The van der Waals surface area contributed by atoms with Crippen molar-refractivity contribution < 1.29 is 0 Å². The lowest BCUT2D eigenvalue weighted by molar-refractivity contribution is 0.661. The molecule has 0 spiro atoms. The zero-order valence-corrected chi connectivity index (χ0v) is 8.85. The molecular formula is C12H15N3. The quantitative estimate of drug-likeness (QED) is 0.827. The highest BCUT2D eigenvalue weighted by atomic mass is 15.1. The van der Waals surface area contributed by atoms with Crippen molar-refractivity contribution in [2.75, 3.05) is 6.54 Å². The van der Waals surface area contributed by atoms with Crippen LogP contribution in [0.4, 0.5) is 0 Å². The van der Waals surface area contributed by atoms with Gasteiger partial charge in [0.05, 0.1) is 11.2 Å². The van der Waals surface area contributed by atoms with E-state index in [1.54, 1.807) is 0 Å². The number of hydrogen-bond donors (Lipinski definition) is 1. The third-order valence-corrected chi connectivity index (χ3v) is 2.62. The van der Waals surface area contributed by atoms with Crippen LogP contribution in [0, 0.1) is 0 Å². The van der Waals surface area contributed by atoms with Crippen molar-refractivity contribution in [1.82, 2.24) is 10.2 Å². The molecule has 0 saturated carbocycles. The predicted molar refractivity (Wildman–Crippen MR) is 61.6 cm³/mol. The average molecular weight is 201 g/mol. The molecule has 1 unspecified atom stereocenters. The molecule has 3 heteroatoms. The summed E-state index contributed by atoms with van der Waals surface area (Å²) in [4.78, 5) is 0. The Hall–Kier alpha value is -1.48. The van der Waals surface area contributed by atoms with Crippen LogP contribution in [0.1, 0.15) is 25.0 Å². The second-order valence-electron chi connectivity index (χ2n) is 3.81. The minimum Gasteiger partial charge on any atom is -0.330 e. The van der Waals surface area contributed by atoms with Gasteiger partial charge in [0.15, 0.2) is 0 Å². The number of fused-ring (bicyclic) bond motifs is 1. The molecule has 0 amide bonds. The zero-order valence-electron chi connectivity index (χ0n) is 8.85. The van der Waals surface area contributed by atoms with E-state index >= 15 is 0 Å². The SMILES string of the molecule is CC(CCN)c1cc2ccccc2nn1. The Balaban J connectivity index is 2.38. The van der Waals surface area contributed by atoms with E-state index < -0.39 is 0 Å². The Labute approximate surface area is 89.3 Å². The van der Waals surface area contributed by atoms with E-state index in [2.05, 4.69) is 29.3 Å². The fraction of sp³-hybridized carbons (Fsp3) is 0.333. The molecule has 15 heavy (non-hydrogen) atoms. The Morgan fingerprint density at radius 2 is 2.07 bits per heavy atom. The highest BCUT2D eigenvalue weighted by Gasteiger charge is 2.07. The molecular weight excluding hydrogens is 186 g/mol. The first-order chi connectivity index (χ1) is 7.31. The van der Waals surface area contributed by atoms with Gasteiger partial charge in [0.1, 0.15) is 0 Å². The van der Waals surface area contributed by atoms with Gasteiger partial charge < -0.3 is 5.73 Å². The summed E-state index contributed by atoms with van der Waals surface area (Å²) in [6, 6.07) is 10.1. The first kappa shape index (κ1) is 10.1. The number of rotatable bonds is 3. The van der Waals surface area contributed by atoms with Crippen molar-refractivity contribution in [3.8, 4) is 0 Å². The van der Waals surface area contributed by atoms with Crippen molar-refractivity contribution in [2.24, 2.45) is 5.73 Å². The average Bonchev–Trinajstić information content (AvgIpc) is 2.29. The smallest absolute Gasteiger partial charge is 0.0929 e. The van der Waals surface area contributed by atoms with Crippen molar-refractivity contribution in [3.63, 3.8) is 0 Å². The number of nitrogens with zero attached hydrogens (tertiary/aromatic N) is 2. The molecule has 2 aromatic rings. The summed E-state index contributed by atoms with van der Waals surface area (Å²) in [5.41, 5.74) is 7.50. The minimum absolute atomic E-state index is 0.382. The van der Waals surface area contributed by atoms with E-state index in [1.165, 1.54) is 0 Å². The summed E-state index contributed by atoms with van der Waals surface area (Å²) in [6.07, 6.45) is 0.951. The molecule has 1 aromatic carbocycles. The van der Waals surface area contributed by atoms with Gasteiger partial charge in [-0.05, 0) is 25.1 Å². The molecule has 1 heterocycles. The van der Waals surface area contributed by atoms with E-state index in [0.717, 1.165) is 23.0 Å². The summed E-state index contributed by atoms with van der Waals surface area (Å²) in [5, 5.41) is 9.56. The van der Waals surface area contributed by atoms with E-state index in [0.29, 0.717) is 12.5 Å². The van der Waals surface area contributed by atoms with Crippen molar-refractivity contribution in [2.45, 2.75) is 19.3 Å². The van der Waals surface area contributed by atoms with Gasteiger partial charge >= 0.3 is 0 Å². The predicted octanol–water partition coefficient (Wildman–Crippen LogP) is 2.08. The maximum absolute atomic E-state index is 5.53. The molecule has 1 atom stereocenters. The molecule has 2 N–H and O–H groups in total. The van der Waals surface area contributed by atoms with Crippen LogP contribution in [0.15, 0.2) is 30.3 Å². The second kappa shape index (κ2) is 4.36. The van der Waals surface area contributed by atoms with E-state index in [1.807, 2.05) is 18.2 Å². The standard InChI is InChI=1S/C12H15N3/c1-9(6-7-13)12-8-10-4-2-3-5-11(10)14-15-12/h2-5,8-9H,6-7,13H2,1H3. The van der Waals surface area contributed by atoms with Gasteiger partial charge in [-0.1, -0.05) is 25.1 Å². The molecule has 0 bridgehead atoms. The number of hydrogen-bond acceptors (Lipinski definition) is 3. The molecule has 0 fully saturated rings. The Morgan fingerprint density at radius 3 is 2.87 bits per heavy atom. The first-order valence-corrected chi connectivity index (χ1v) is 5.23. The third-order valence-electron chi connectivity index (χ3n) is 2.62. The highest BCUT2D eigenvalue weighted by Crippen LogP contribution is 2.19. The molecule has 0 aliphatic heterocycles. The zero-order chi connectivity index (χ0) is 10.7. The number of aromatic nitrogens is 2. The Kier molecular flexibility index (Phi) is 2.92. The molecule has 1 aromatic heterocycles. The lowest BCUT2D eigenvalue weighted by Crippen LogP contribution is -2.06. The summed E-state index contributed by atoms with van der Waals surface area (Å²) in [7, 11) is 0. The van der Waals surface area contributed by atoms with Crippen LogP contribution >= 0.6 is 0 Å². The summed E-state index contributed by atoms with van der Waals surface area (Å²) in [6.45, 7) is 2.82. The maximum atomic E-state index is 5.53. The third kappa shape index (κ3) is 2.13. The van der Waals surface area contributed by atoms with Crippen molar-refractivity contribution in [1.29, 1.82) is 0 Å². The lowest BCUT2D eigenvalue weighted by Gasteiger charge is -2.08. The number of nitrogens with two attached hydrogens (primary N) is 1. The van der Waals surface area contributed by atoms with Gasteiger partial charge in [-0.25, -0.2) is 0 Å². The van der Waals surface area contributed by atoms with Crippen LogP contribution in [0.3, 0.4) is 0 Å². The van der Waals surface area contributed by atoms with Crippen molar-refractivity contribution in [3.05, 3.63) is 36.0 Å². The summed E-state index contributed by atoms with van der Waals surface area (Å²) < 4.78 is 0. The van der Waals surface area contributed by atoms with Gasteiger partial charge in [-0.3, -0.25) is 0 Å². The molecule has 3 nitrogen and oxygen atoms in total. The van der Waals surface area contributed by atoms with Gasteiger partial charge in [0, 0.05) is 11.3 Å². The van der Waals surface area contributed by atoms with Crippen LogP contribution in [0.5, 0.6) is 0 Å².